The number of hydrogen-bond acceptors (Lipinski definition) is 6. The molecule has 1 amide bonds. The van der Waals surface area contributed by atoms with Gasteiger partial charge in [-0.2, -0.15) is 13.2 Å². The van der Waals surface area contributed by atoms with Crippen LogP contribution in [0.25, 0.3) is 11.1 Å². The van der Waals surface area contributed by atoms with Crippen molar-refractivity contribution >= 4 is 55.8 Å². The molecule has 1 aromatic heterocycles. The predicted molar refractivity (Wildman–Crippen MR) is 165 cm³/mol. The molecule has 45 heavy (non-hydrogen) atoms. The first kappa shape index (κ1) is 32.3. The van der Waals surface area contributed by atoms with E-state index in [1.165, 1.54) is 0 Å². The van der Waals surface area contributed by atoms with Gasteiger partial charge in [0.25, 0.3) is 5.91 Å². The molecule has 2 heterocycles. The number of anilines is 1. The maximum Gasteiger partial charge on any atom is 0.485 e. The summed E-state index contributed by atoms with van der Waals surface area (Å²) in [4.78, 5) is 20.5. The van der Waals surface area contributed by atoms with Gasteiger partial charge >= 0.3 is 5.51 Å². The fourth-order valence-electron chi connectivity index (χ4n) is 4.27. The van der Waals surface area contributed by atoms with Crippen molar-refractivity contribution in [3.63, 3.8) is 0 Å². The number of benzene rings is 4. The lowest BCUT2D eigenvalue weighted by molar-refractivity contribution is -0.0517. The second-order valence-corrected chi connectivity index (χ2v) is 13.3. The fourth-order valence-corrected chi connectivity index (χ4v) is 6.84. The lowest BCUT2D eigenvalue weighted by atomic mass is 10.0. The van der Waals surface area contributed by atoms with E-state index in [9.17, 15) is 18.0 Å². The lowest BCUT2D eigenvalue weighted by Gasteiger charge is -2.20. The zero-order valence-electron chi connectivity index (χ0n) is 22.6. The zero-order chi connectivity index (χ0) is 32.4. The largest absolute Gasteiger partial charge is 0.741 e. The van der Waals surface area contributed by atoms with Crippen LogP contribution in [0.5, 0.6) is 11.5 Å². The molecule has 230 valence electrons. The van der Waals surface area contributed by atoms with Gasteiger partial charge in [0.15, 0.2) is 26.5 Å². The van der Waals surface area contributed by atoms with E-state index in [4.69, 9.17) is 40.9 Å². The maximum atomic E-state index is 13.1. The molecule has 1 aliphatic rings. The van der Waals surface area contributed by atoms with Crippen LogP contribution in [0.3, 0.4) is 0 Å². The topological polar surface area (TPSA) is 108 Å². The fraction of sp³-hybridized carbons (Fsp3) is 0.0323. The summed E-state index contributed by atoms with van der Waals surface area (Å²) >= 11 is 12.4. The van der Waals surface area contributed by atoms with Crippen LogP contribution >= 0.6 is 23.2 Å². The molecular weight excluding hydrogens is 672 g/mol. The van der Waals surface area contributed by atoms with Crippen molar-refractivity contribution in [2.24, 2.45) is 0 Å². The second-order valence-electron chi connectivity index (χ2n) is 9.21. The number of aromatic nitrogens is 1. The van der Waals surface area contributed by atoms with Crippen LogP contribution in [0.15, 0.2) is 124 Å². The number of hydrogen-bond donors (Lipinski definition) is 1. The van der Waals surface area contributed by atoms with E-state index in [0.717, 1.165) is 37.3 Å². The SMILES string of the molecule is O=C(Nc1ccc([S+]2c3ccccc3Oc3ccccc32)cc1-c1ccc(Cl)cc1)c1cccnc1Cl.O=S(=O)([O-])C(F)(F)F. The molecule has 0 unspecified atom stereocenters. The van der Waals surface area contributed by atoms with Crippen LogP contribution in [-0.4, -0.2) is 29.4 Å². The Morgan fingerprint density at radius 2 is 1.42 bits per heavy atom. The van der Waals surface area contributed by atoms with E-state index < -0.39 is 26.5 Å². The van der Waals surface area contributed by atoms with E-state index in [1.54, 1.807) is 18.3 Å². The van der Waals surface area contributed by atoms with Gasteiger partial charge < -0.3 is 14.6 Å². The summed E-state index contributed by atoms with van der Waals surface area (Å²) in [6.07, 6.45) is 1.55. The van der Waals surface area contributed by atoms with Crippen LogP contribution in [-0.2, 0) is 21.0 Å². The van der Waals surface area contributed by atoms with Crippen LogP contribution in [0.2, 0.25) is 10.2 Å². The molecule has 0 aliphatic carbocycles. The first-order valence-corrected chi connectivity index (χ1v) is 16.2. The molecule has 0 bridgehead atoms. The minimum atomic E-state index is -6.09. The summed E-state index contributed by atoms with van der Waals surface area (Å²) in [6, 6.07) is 33.3. The standard InChI is InChI=1S/C30H18Cl2N2O2S.CHF3O3S/c31-20-13-11-19(12-14-20)23-18-21(15-16-24(23)34-30(35)22-6-5-17-33-29(22)32)37-27-9-3-1-7-25(27)36-26-8-2-4-10-28(26)37;2-1(3,4)8(5,6)7/h1-18H;(H,5,6,7). The Hall–Kier alpha value is -4.07. The highest BCUT2D eigenvalue weighted by Crippen LogP contribution is 2.47. The predicted octanol–water partition coefficient (Wildman–Crippen LogP) is 8.56. The second kappa shape index (κ2) is 13.1. The zero-order valence-corrected chi connectivity index (χ0v) is 25.7. The Balaban J connectivity index is 0.000000444. The number of carbonyl (C=O) groups is 1. The van der Waals surface area contributed by atoms with Gasteiger partial charge in [0.1, 0.15) is 16.0 Å². The van der Waals surface area contributed by atoms with E-state index in [1.807, 2.05) is 66.7 Å². The molecule has 0 saturated carbocycles. The van der Waals surface area contributed by atoms with Crippen LogP contribution in [0.1, 0.15) is 10.4 Å². The van der Waals surface area contributed by atoms with Gasteiger partial charge in [-0.25, -0.2) is 13.4 Å². The molecule has 4 aromatic carbocycles. The monoisotopic (exact) mass is 690 g/mol. The van der Waals surface area contributed by atoms with Gasteiger partial charge in [-0.05, 0) is 66.2 Å². The van der Waals surface area contributed by atoms with Gasteiger partial charge in [0, 0.05) is 28.5 Å². The van der Waals surface area contributed by atoms with Crippen molar-refractivity contribution in [3.8, 4) is 22.6 Å². The van der Waals surface area contributed by atoms with Crippen molar-refractivity contribution in [1.29, 1.82) is 0 Å². The summed E-state index contributed by atoms with van der Waals surface area (Å²) in [5.74, 6) is 1.37. The number of fused-ring (bicyclic) bond motifs is 2. The Morgan fingerprint density at radius 3 is 1.98 bits per heavy atom. The summed E-state index contributed by atoms with van der Waals surface area (Å²) in [7, 11) is -6.49. The number of para-hydroxylation sites is 2. The Labute approximate surface area is 268 Å². The average molecular weight is 692 g/mol. The number of carbonyl (C=O) groups excluding carboxylic acids is 1. The highest BCUT2D eigenvalue weighted by Gasteiger charge is 2.39. The van der Waals surface area contributed by atoms with Crippen molar-refractivity contribution in [1.82, 2.24) is 4.98 Å². The third-order valence-corrected chi connectivity index (χ3v) is 9.68. The third-order valence-electron chi connectivity index (χ3n) is 6.28. The maximum absolute atomic E-state index is 13.1. The molecule has 0 saturated heterocycles. The minimum absolute atomic E-state index is 0.154. The Bertz CT molecular complexity index is 1950. The van der Waals surface area contributed by atoms with Crippen molar-refractivity contribution in [2.75, 3.05) is 5.32 Å². The first-order valence-electron chi connectivity index (χ1n) is 12.8. The average Bonchev–Trinajstić information content (AvgIpc) is 3.00. The Kier molecular flexibility index (Phi) is 9.42. The van der Waals surface area contributed by atoms with Gasteiger partial charge in [0.2, 0.25) is 9.79 Å². The van der Waals surface area contributed by atoms with Crippen molar-refractivity contribution in [2.45, 2.75) is 20.2 Å². The number of halogens is 5. The van der Waals surface area contributed by atoms with Crippen molar-refractivity contribution < 1.29 is 35.7 Å². The third kappa shape index (κ3) is 7.26. The molecule has 5 aromatic rings. The van der Waals surface area contributed by atoms with E-state index in [2.05, 4.69) is 34.6 Å². The van der Waals surface area contributed by atoms with Gasteiger partial charge in [-0.15, -0.1) is 0 Å². The van der Waals surface area contributed by atoms with Crippen LogP contribution in [0.4, 0.5) is 18.9 Å². The van der Waals surface area contributed by atoms with E-state index in [0.29, 0.717) is 16.3 Å². The molecule has 7 nitrogen and oxygen atoms in total. The number of nitrogens with zero attached hydrogens (tertiary/aromatic N) is 1. The quantitative estimate of drug-likeness (QED) is 0.0859. The molecule has 0 spiro atoms. The van der Waals surface area contributed by atoms with Gasteiger partial charge in [-0.1, -0.05) is 59.6 Å². The molecule has 0 atom stereocenters. The summed E-state index contributed by atoms with van der Waals surface area (Å²) < 4.78 is 65.1. The normalized spacial score (nSPS) is 12.6. The van der Waals surface area contributed by atoms with Gasteiger partial charge in [0.05, 0.1) is 5.56 Å². The smallest absolute Gasteiger partial charge is 0.485 e. The molecule has 6 rings (SSSR count). The lowest BCUT2D eigenvalue weighted by Crippen LogP contribution is -2.21. The Morgan fingerprint density at radius 1 is 0.844 bits per heavy atom. The number of rotatable bonds is 4. The molecular formula is C31H19Cl2F3N2O5S2. The summed E-state index contributed by atoms with van der Waals surface area (Å²) in [5, 5.41) is 3.83. The molecule has 1 N–H and O–H groups in total. The highest BCUT2D eigenvalue weighted by molar-refractivity contribution is 7.97. The summed E-state index contributed by atoms with van der Waals surface area (Å²) in [6.45, 7) is 0. The number of amides is 1. The van der Waals surface area contributed by atoms with Gasteiger partial charge in [-0.3, -0.25) is 4.79 Å². The molecule has 0 fully saturated rings. The van der Waals surface area contributed by atoms with Crippen LogP contribution < -0.4 is 10.1 Å². The van der Waals surface area contributed by atoms with Crippen LogP contribution in [0, 0.1) is 0 Å². The number of nitrogens with one attached hydrogen (secondary N) is 1. The van der Waals surface area contributed by atoms with E-state index >= 15 is 0 Å². The molecule has 1 aliphatic heterocycles. The van der Waals surface area contributed by atoms with Crippen molar-refractivity contribution in [3.05, 3.63) is 125 Å². The number of pyridine rings is 1. The van der Waals surface area contributed by atoms with E-state index in [-0.39, 0.29) is 11.1 Å². The number of ether oxygens (including phenoxy) is 1. The molecule has 0 radical (unpaired) electrons. The highest BCUT2D eigenvalue weighted by atomic mass is 35.5. The summed E-state index contributed by atoms with van der Waals surface area (Å²) in [5.41, 5.74) is -2.87. The minimum Gasteiger partial charge on any atom is -0.741 e. The number of alkyl halides is 3. The first-order chi connectivity index (χ1) is 21.3. The molecule has 14 heteroatoms.